The number of nitrogens with zero attached hydrogens (tertiary/aromatic N) is 2. The third kappa shape index (κ3) is 3.40. The van der Waals surface area contributed by atoms with E-state index in [0.717, 1.165) is 10.9 Å². The lowest BCUT2D eigenvalue weighted by Gasteiger charge is -2.17. The minimum atomic E-state index is -3.54. The van der Waals surface area contributed by atoms with Crippen LogP contribution in [0, 0.1) is 0 Å². The molecule has 1 saturated heterocycles. The van der Waals surface area contributed by atoms with Gasteiger partial charge in [-0.25, -0.2) is 13.4 Å². The van der Waals surface area contributed by atoms with Crippen LogP contribution in [0.25, 0.3) is 10.9 Å². The second-order valence-electron chi connectivity index (χ2n) is 6.19. The van der Waals surface area contributed by atoms with Crippen molar-refractivity contribution in [3.8, 4) is 5.88 Å². The summed E-state index contributed by atoms with van der Waals surface area (Å²) >= 11 is 5.84. The average molecular weight is 389 g/mol. The van der Waals surface area contributed by atoms with Gasteiger partial charge >= 0.3 is 0 Å². The molecule has 0 amide bonds. The molecule has 7 heteroatoms. The number of benzene rings is 2. The number of fused-ring (bicyclic) bond motifs is 1. The summed E-state index contributed by atoms with van der Waals surface area (Å²) in [5.74, 6) is 0.513. The summed E-state index contributed by atoms with van der Waals surface area (Å²) in [6, 6.07) is 17.8. The van der Waals surface area contributed by atoms with Crippen LogP contribution < -0.4 is 4.74 Å². The van der Waals surface area contributed by atoms with E-state index >= 15 is 0 Å². The smallest absolute Gasteiger partial charge is 0.243 e. The van der Waals surface area contributed by atoms with E-state index < -0.39 is 10.0 Å². The highest BCUT2D eigenvalue weighted by atomic mass is 35.5. The van der Waals surface area contributed by atoms with Crippen LogP contribution in [0.4, 0.5) is 0 Å². The minimum absolute atomic E-state index is 0.217. The van der Waals surface area contributed by atoms with E-state index in [4.69, 9.17) is 16.3 Å². The van der Waals surface area contributed by atoms with E-state index in [1.54, 1.807) is 12.1 Å². The average Bonchev–Trinajstić information content (AvgIpc) is 3.11. The molecule has 0 bridgehead atoms. The predicted octanol–water partition coefficient (Wildman–Crippen LogP) is 3.73. The number of aromatic nitrogens is 1. The second-order valence-corrected chi connectivity index (χ2v) is 8.56. The van der Waals surface area contributed by atoms with E-state index in [1.807, 2.05) is 36.4 Å². The number of para-hydroxylation sites is 1. The van der Waals surface area contributed by atoms with Crippen molar-refractivity contribution in [2.75, 3.05) is 13.1 Å². The van der Waals surface area contributed by atoms with Gasteiger partial charge in [0.05, 0.1) is 17.0 Å². The van der Waals surface area contributed by atoms with Crippen LogP contribution in [0.15, 0.2) is 65.6 Å². The summed E-state index contributed by atoms with van der Waals surface area (Å²) in [4.78, 5) is 4.73. The first kappa shape index (κ1) is 17.3. The van der Waals surface area contributed by atoms with Crippen LogP contribution in [0.2, 0.25) is 5.02 Å². The Labute approximate surface area is 157 Å². The molecule has 1 atom stereocenters. The van der Waals surface area contributed by atoms with Crippen LogP contribution in [0.3, 0.4) is 0 Å². The van der Waals surface area contributed by atoms with Crippen LogP contribution >= 0.6 is 11.6 Å². The Balaban J connectivity index is 1.48. The largest absolute Gasteiger partial charge is 0.473 e. The maximum atomic E-state index is 12.7. The highest BCUT2D eigenvalue weighted by Gasteiger charge is 2.33. The molecular weight excluding hydrogens is 372 g/mol. The molecule has 2 heterocycles. The first-order chi connectivity index (χ1) is 12.5. The van der Waals surface area contributed by atoms with Gasteiger partial charge in [0.2, 0.25) is 15.9 Å². The lowest BCUT2D eigenvalue weighted by atomic mass is 10.2. The van der Waals surface area contributed by atoms with Gasteiger partial charge in [0.1, 0.15) is 6.10 Å². The topological polar surface area (TPSA) is 59.5 Å². The molecule has 1 aliphatic rings. The van der Waals surface area contributed by atoms with E-state index in [2.05, 4.69) is 4.98 Å². The monoisotopic (exact) mass is 388 g/mol. The number of sulfonamides is 1. The van der Waals surface area contributed by atoms with Gasteiger partial charge in [-0.3, -0.25) is 0 Å². The molecular formula is C19H17ClN2O3S. The van der Waals surface area contributed by atoms with E-state index in [0.29, 0.717) is 30.4 Å². The van der Waals surface area contributed by atoms with Crippen molar-refractivity contribution in [1.82, 2.24) is 9.29 Å². The van der Waals surface area contributed by atoms with Crippen molar-refractivity contribution in [3.63, 3.8) is 0 Å². The molecule has 2 aromatic carbocycles. The number of hydrogen-bond acceptors (Lipinski definition) is 4. The molecule has 1 unspecified atom stereocenters. The third-order valence-corrected chi connectivity index (χ3v) is 6.55. The Morgan fingerprint density at radius 2 is 1.81 bits per heavy atom. The SMILES string of the molecule is O=S(=O)(c1ccc(Cl)cc1)N1CCC(Oc2ccc3ccccc3n2)C1. The molecule has 0 spiro atoms. The van der Waals surface area contributed by atoms with E-state index in [9.17, 15) is 8.42 Å². The van der Waals surface area contributed by atoms with Crippen molar-refractivity contribution < 1.29 is 13.2 Å². The Morgan fingerprint density at radius 1 is 1.04 bits per heavy atom. The molecule has 0 saturated carbocycles. The quantitative estimate of drug-likeness (QED) is 0.683. The van der Waals surface area contributed by atoms with Crippen molar-refractivity contribution >= 4 is 32.5 Å². The number of halogens is 1. The molecule has 4 rings (SSSR count). The second kappa shape index (κ2) is 6.87. The standard InChI is InChI=1S/C19H17ClN2O3S/c20-15-6-8-17(9-7-15)26(23,24)22-12-11-16(13-22)25-19-10-5-14-3-1-2-4-18(14)21-19/h1-10,16H,11-13H2. The fraction of sp³-hybridized carbons (Fsp3) is 0.211. The minimum Gasteiger partial charge on any atom is -0.473 e. The fourth-order valence-electron chi connectivity index (χ4n) is 3.05. The molecule has 0 radical (unpaired) electrons. The fourth-order valence-corrected chi connectivity index (χ4v) is 4.66. The summed E-state index contributed by atoms with van der Waals surface area (Å²) < 4.78 is 32.8. The number of rotatable bonds is 4. The maximum Gasteiger partial charge on any atom is 0.243 e. The molecule has 5 nitrogen and oxygen atoms in total. The molecule has 1 fully saturated rings. The molecule has 3 aromatic rings. The number of ether oxygens (including phenoxy) is 1. The van der Waals surface area contributed by atoms with Crippen molar-refractivity contribution in [2.45, 2.75) is 17.4 Å². The molecule has 134 valence electrons. The van der Waals surface area contributed by atoms with Crippen LogP contribution in [-0.4, -0.2) is 36.9 Å². The Kier molecular flexibility index (Phi) is 4.56. The first-order valence-electron chi connectivity index (χ1n) is 8.30. The van der Waals surface area contributed by atoms with Gasteiger partial charge in [-0.05, 0) is 42.8 Å². The Hall–Kier alpha value is -2.15. The van der Waals surface area contributed by atoms with Gasteiger partial charge in [-0.15, -0.1) is 0 Å². The predicted molar refractivity (Wildman–Crippen MR) is 101 cm³/mol. The summed E-state index contributed by atoms with van der Waals surface area (Å²) in [5, 5.41) is 1.55. The van der Waals surface area contributed by atoms with Gasteiger partial charge < -0.3 is 4.74 Å². The molecule has 26 heavy (non-hydrogen) atoms. The van der Waals surface area contributed by atoms with Gasteiger partial charge in [0, 0.05) is 23.0 Å². The van der Waals surface area contributed by atoms with E-state index in [-0.39, 0.29) is 11.0 Å². The first-order valence-corrected chi connectivity index (χ1v) is 10.1. The summed E-state index contributed by atoms with van der Waals surface area (Å²) in [7, 11) is -3.54. The highest BCUT2D eigenvalue weighted by Crippen LogP contribution is 2.25. The maximum absolute atomic E-state index is 12.7. The van der Waals surface area contributed by atoms with E-state index in [1.165, 1.54) is 16.4 Å². The van der Waals surface area contributed by atoms with Gasteiger partial charge in [-0.2, -0.15) is 4.31 Å². The van der Waals surface area contributed by atoms with Crippen LogP contribution in [0.5, 0.6) is 5.88 Å². The van der Waals surface area contributed by atoms with Crippen LogP contribution in [-0.2, 0) is 10.0 Å². The Bertz CT molecular complexity index is 1040. The number of pyridine rings is 1. The van der Waals surface area contributed by atoms with Crippen molar-refractivity contribution in [2.24, 2.45) is 0 Å². The van der Waals surface area contributed by atoms with Gasteiger partial charge in [0.15, 0.2) is 0 Å². The van der Waals surface area contributed by atoms with Crippen molar-refractivity contribution in [1.29, 1.82) is 0 Å². The normalized spacial score (nSPS) is 18.3. The zero-order valence-corrected chi connectivity index (χ0v) is 15.4. The summed E-state index contributed by atoms with van der Waals surface area (Å²) in [5.41, 5.74) is 0.855. The summed E-state index contributed by atoms with van der Waals surface area (Å²) in [6.45, 7) is 0.725. The molecule has 1 aromatic heterocycles. The zero-order chi connectivity index (χ0) is 18.1. The van der Waals surface area contributed by atoms with Crippen molar-refractivity contribution in [3.05, 3.63) is 65.7 Å². The lowest BCUT2D eigenvalue weighted by molar-refractivity contribution is 0.207. The number of hydrogen-bond donors (Lipinski definition) is 0. The highest BCUT2D eigenvalue weighted by molar-refractivity contribution is 7.89. The Morgan fingerprint density at radius 3 is 2.62 bits per heavy atom. The molecule has 0 N–H and O–H groups in total. The third-order valence-electron chi connectivity index (χ3n) is 4.42. The molecule has 0 aliphatic carbocycles. The van der Waals surface area contributed by atoms with Gasteiger partial charge in [0.25, 0.3) is 0 Å². The summed E-state index contributed by atoms with van der Waals surface area (Å²) in [6.07, 6.45) is 0.409. The molecule has 1 aliphatic heterocycles. The van der Waals surface area contributed by atoms with Crippen LogP contribution in [0.1, 0.15) is 6.42 Å². The lowest BCUT2D eigenvalue weighted by Crippen LogP contribution is -2.31. The zero-order valence-electron chi connectivity index (χ0n) is 13.9. The van der Waals surface area contributed by atoms with Gasteiger partial charge in [-0.1, -0.05) is 29.8 Å².